The largest absolute Gasteiger partial charge is 0.383 e. The number of likely N-dealkylation sites (N-methyl/N-ethyl adjacent to an activating group) is 1. The third-order valence-corrected chi connectivity index (χ3v) is 3.92. The topological polar surface area (TPSA) is 33.7 Å². The molecule has 0 aromatic heterocycles. The number of rotatable bonds is 7. The van der Waals surface area contributed by atoms with Crippen LogP contribution in [0.4, 0.5) is 0 Å². The monoisotopic (exact) mass is 272 g/mol. The lowest BCUT2D eigenvalue weighted by Crippen LogP contribution is -2.50. The van der Waals surface area contributed by atoms with E-state index in [1.807, 2.05) is 0 Å². The summed E-state index contributed by atoms with van der Waals surface area (Å²) in [5.41, 5.74) is 0.399. The fraction of sp³-hybridized carbons (Fsp3) is 1.00. The maximum Gasteiger partial charge on any atom is 0.0615 e. The van der Waals surface area contributed by atoms with Crippen LogP contribution in [-0.4, -0.2) is 63.5 Å². The third-order valence-electron chi connectivity index (χ3n) is 3.92. The summed E-state index contributed by atoms with van der Waals surface area (Å²) in [4.78, 5) is 2.39. The summed E-state index contributed by atoms with van der Waals surface area (Å²) in [7, 11) is 3.95. The second-order valence-electron chi connectivity index (χ2n) is 7.13. The zero-order valence-electron chi connectivity index (χ0n) is 13.6. The zero-order chi connectivity index (χ0) is 14.5. The fourth-order valence-corrected chi connectivity index (χ4v) is 2.48. The zero-order valence-corrected chi connectivity index (χ0v) is 13.6. The molecule has 1 aliphatic heterocycles. The molecule has 1 saturated heterocycles. The van der Waals surface area contributed by atoms with Crippen LogP contribution in [0.15, 0.2) is 0 Å². The van der Waals surface area contributed by atoms with Crippen molar-refractivity contribution in [3.8, 4) is 0 Å². The van der Waals surface area contributed by atoms with Gasteiger partial charge in [-0.1, -0.05) is 0 Å². The average molecular weight is 272 g/mol. The number of hydrogen-bond acceptors (Lipinski definition) is 4. The second-order valence-corrected chi connectivity index (χ2v) is 7.13. The molecule has 114 valence electrons. The van der Waals surface area contributed by atoms with Crippen LogP contribution in [0.25, 0.3) is 0 Å². The molecule has 0 amide bonds. The SMILES string of the molecule is COCC(C)N(C)CC1(CNC(C)(C)C)CCOC1. The molecule has 4 heteroatoms. The Labute approximate surface area is 118 Å². The highest BCUT2D eigenvalue weighted by Gasteiger charge is 2.37. The molecule has 19 heavy (non-hydrogen) atoms. The normalized spacial score (nSPS) is 26.1. The van der Waals surface area contributed by atoms with Gasteiger partial charge in [-0.2, -0.15) is 0 Å². The van der Waals surface area contributed by atoms with E-state index in [1.54, 1.807) is 7.11 Å². The Kier molecular flexibility index (Phi) is 6.24. The Hall–Kier alpha value is -0.160. The minimum atomic E-state index is 0.159. The Morgan fingerprint density at radius 2 is 2.11 bits per heavy atom. The van der Waals surface area contributed by atoms with Gasteiger partial charge in [0.2, 0.25) is 0 Å². The van der Waals surface area contributed by atoms with E-state index in [1.165, 1.54) is 0 Å². The van der Waals surface area contributed by atoms with Crippen LogP contribution in [-0.2, 0) is 9.47 Å². The standard InChI is InChI=1S/C15H32N2O2/c1-13(9-18-6)17(5)11-15(7-8-19-12-15)10-16-14(2,3)4/h13,16H,7-12H2,1-6H3. The van der Waals surface area contributed by atoms with Gasteiger partial charge in [0.05, 0.1) is 13.2 Å². The maximum atomic E-state index is 5.67. The van der Waals surface area contributed by atoms with Crippen LogP contribution in [0.1, 0.15) is 34.1 Å². The Bertz CT molecular complexity index is 257. The summed E-state index contributed by atoms with van der Waals surface area (Å²) in [6, 6.07) is 0.442. The molecular formula is C15H32N2O2. The molecule has 2 unspecified atom stereocenters. The molecule has 2 atom stereocenters. The van der Waals surface area contributed by atoms with Crippen molar-refractivity contribution >= 4 is 0 Å². The van der Waals surface area contributed by atoms with Crippen LogP contribution in [0, 0.1) is 5.41 Å². The Balaban J connectivity index is 2.56. The number of nitrogens with zero attached hydrogens (tertiary/aromatic N) is 1. The predicted molar refractivity (Wildman–Crippen MR) is 79.6 cm³/mol. The van der Waals surface area contributed by atoms with Gasteiger partial charge in [-0.25, -0.2) is 0 Å². The fourth-order valence-electron chi connectivity index (χ4n) is 2.48. The molecule has 4 nitrogen and oxygen atoms in total. The quantitative estimate of drug-likeness (QED) is 0.765. The highest BCUT2D eigenvalue weighted by atomic mass is 16.5. The molecule has 1 heterocycles. The van der Waals surface area contributed by atoms with E-state index in [-0.39, 0.29) is 11.0 Å². The highest BCUT2D eigenvalue weighted by Crippen LogP contribution is 2.30. The molecule has 0 aromatic carbocycles. The number of nitrogens with one attached hydrogen (secondary N) is 1. The third kappa shape index (κ3) is 5.78. The van der Waals surface area contributed by atoms with E-state index in [0.717, 1.165) is 39.3 Å². The number of ether oxygens (including phenoxy) is 2. The molecule has 0 aliphatic carbocycles. The van der Waals surface area contributed by atoms with Crippen LogP contribution < -0.4 is 5.32 Å². The van der Waals surface area contributed by atoms with Gasteiger partial charge >= 0.3 is 0 Å². The van der Waals surface area contributed by atoms with Gasteiger partial charge < -0.3 is 19.7 Å². The van der Waals surface area contributed by atoms with Crippen LogP contribution >= 0.6 is 0 Å². The van der Waals surface area contributed by atoms with Crippen molar-refractivity contribution in [2.75, 3.05) is 47.1 Å². The van der Waals surface area contributed by atoms with Gasteiger partial charge in [-0.3, -0.25) is 0 Å². The van der Waals surface area contributed by atoms with E-state index >= 15 is 0 Å². The van der Waals surface area contributed by atoms with E-state index < -0.39 is 0 Å². The second kappa shape index (κ2) is 7.02. The lowest BCUT2D eigenvalue weighted by Gasteiger charge is -2.37. The van der Waals surface area contributed by atoms with Crippen LogP contribution in [0.5, 0.6) is 0 Å². The molecule has 0 saturated carbocycles. The molecule has 1 rings (SSSR count). The first-order valence-electron chi connectivity index (χ1n) is 7.30. The van der Waals surface area contributed by atoms with E-state index in [2.05, 4.69) is 45.0 Å². The van der Waals surface area contributed by atoms with Crippen LogP contribution in [0.3, 0.4) is 0 Å². The summed E-state index contributed by atoms with van der Waals surface area (Å²) in [5.74, 6) is 0. The molecule has 1 fully saturated rings. The van der Waals surface area contributed by atoms with Crippen molar-refractivity contribution in [1.82, 2.24) is 10.2 Å². The van der Waals surface area contributed by atoms with Gasteiger partial charge in [0.25, 0.3) is 0 Å². The number of hydrogen-bond donors (Lipinski definition) is 1. The highest BCUT2D eigenvalue weighted by molar-refractivity contribution is 4.90. The van der Waals surface area contributed by atoms with E-state index in [0.29, 0.717) is 6.04 Å². The minimum Gasteiger partial charge on any atom is -0.383 e. The maximum absolute atomic E-state index is 5.67. The summed E-state index contributed by atoms with van der Waals surface area (Å²) in [5, 5.41) is 3.64. The first-order chi connectivity index (χ1) is 8.78. The van der Waals surface area contributed by atoms with E-state index in [9.17, 15) is 0 Å². The average Bonchev–Trinajstić information content (AvgIpc) is 2.75. The summed E-state index contributed by atoms with van der Waals surface area (Å²) in [6.07, 6.45) is 1.14. The van der Waals surface area contributed by atoms with Crippen molar-refractivity contribution in [2.24, 2.45) is 5.41 Å². The van der Waals surface area contributed by atoms with Gasteiger partial charge in [0.15, 0.2) is 0 Å². The molecule has 1 aliphatic rings. The van der Waals surface area contributed by atoms with Gasteiger partial charge in [-0.15, -0.1) is 0 Å². The van der Waals surface area contributed by atoms with Gasteiger partial charge in [0.1, 0.15) is 0 Å². The molecular weight excluding hydrogens is 240 g/mol. The summed E-state index contributed by atoms with van der Waals surface area (Å²) < 4.78 is 10.9. The first kappa shape index (κ1) is 16.9. The molecule has 0 bridgehead atoms. The van der Waals surface area contributed by atoms with Crippen molar-refractivity contribution < 1.29 is 9.47 Å². The van der Waals surface area contributed by atoms with Crippen molar-refractivity contribution in [1.29, 1.82) is 0 Å². The Morgan fingerprint density at radius 3 is 2.58 bits per heavy atom. The minimum absolute atomic E-state index is 0.159. The van der Waals surface area contributed by atoms with Crippen molar-refractivity contribution in [3.05, 3.63) is 0 Å². The summed E-state index contributed by atoms with van der Waals surface area (Å²) >= 11 is 0. The van der Waals surface area contributed by atoms with Gasteiger partial charge in [0, 0.05) is 43.8 Å². The Morgan fingerprint density at radius 1 is 1.42 bits per heavy atom. The van der Waals surface area contributed by atoms with Crippen molar-refractivity contribution in [2.45, 2.75) is 45.7 Å². The molecule has 0 spiro atoms. The lowest BCUT2D eigenvalue weighted by atomic mass is 9.85. The predicted octanol–water partition coefficient (Wildman–Crippen LogP) is 1.75. The van der Waals surface area contributed by atoms with Crippen LogP contribution in [0.2, 0.25) is 0 Å². The lowest BCUT2D eigenvalue weighted by molar-refractivity contribution is 0.0668. The molecule has 0 aromatic rings. The smallest absolute Gasteiger partial charge is 0.0615 e. The summed E-state index contributed by atoms with van der Waals surface area (Å²) in [6.45, 7) is 13.5. The van der Waals surface area contributed by atoms with Crippen molar-refractivity contribution in [3.63, 3.8) is 0 Å². The molecule has 0 radical (unpaired) electrons. The molecule has 1 N–H and O–H groups in total. The van der Waals surface area contributed by atoms with E-state index in [4.69, 9.17) is 9.47 Å². The first-order valence-corrected chi connectivity index (χ1v) is 7.30. The van der Waals surface area contributed by atoms with Gasteiger partial charge in [-0.05, 0) is 41.2 Å². The number of methoxy groups -OCH3 is 1.